The summed E-state index contributed by atoms with van der Waals surface area (Å²) in [4.78, 5) is 14.4. The smallest absolute Gasteiger partial charge is 0.248 e. The number of aliphatic hydroxyl groups excluding tert-OH is 1. The molecule has 4 aliphatic rings. The summed E-state index contributed by atoms with van der Waals surface area (Å²) in [6.45, 7) is 7.91. The molecule has 3 aromatic carbocycles. The van der Waals surface area contributed by atoms with Crippen LogP contribution in [0.15, 0.2) is 83.7 Å². The molecule has 1 saturated carbocycles. The van der Waals surface area contributed by atoms with Crippen LogP contribution in [0.3, 0.4) is 0 Å². The fourth-order valence-corrected chi connectivity index (χ4v) is 9.03. The lowest BCUT2D eigenvalue weighted by Crippen LogP contribution is -3.00. The van der Waals surface area contributed by atoms with Crippen LogP contribution in [-0.2, 0) is 10.3 Å². The van der Waals surface area contributed by atoms with Gasteiger partial charge in [0.1, 0.15) is 29.7 Å². The van der Waals surface area contributed by atoms with Crippen LogP contribution >= 0.6 is 0 Å². The molecule has 1 unspecified atom stereocenters. The number of benzene rings is 3. The first-order valence-corrected chi connectivity index (χ1v) is 19.0. The van der Waals surface area contributed by atoms with Gasteiger partial charge in [0.05, 0.1) is 44.5 Å². The Kier molecular flexibility index (Phi) is 12.5. The summed E-state index contributed by atoms with van der Waals surface area (Å²) < 4.78 is 14.0. The van der Waals surface area contributed by atoms with Crippen LogP contribution in [0.1, 0.15) is 80.7 Å². The molecule has 1 aromatic heterocycles. The maximum atomic E-state index is 12.0. The Morgan fingerprint density at radius 2 is 1.69 bits per heavy atom. The van der Waals surface area contributed by atoms with Gasteiger partial charge in [-0.05, 0) is 66.6 Å². The predicted octanol–water partition coefficient (Wildman–Crippen LogP) is 3.09. The lowest BCUT2D eigenvalue weighted by Gasteiger charge is -2.53. The average Bonchev–Trinajstić information content (AvgIpc) is 3.72. The molecule has 5 N–H and O–H groups in total. The van der Waals surface area contributed by atoms with Gasteiger partial charge in [-0.2, -0.15) is 0 Å². The Labute approximate surface area is 317 Å². The average molecular weight is 777 g/mol. The number of nitrogens with one attached hydrogen (secondary N) is 2. The number of quaternary nitrogens is 1. The second-order valence-corrected chi connectivity index (χ2v) is 15.4. The molecule has 4 atom stereocenters. The molecule has 8 rings (SSSR count). The number of hydrogen-bond acceptors (Lipinski definition) is 7. The maximum absolute atomic E-state index is 12.0. The number of rotatable bonds is 15. The monoisotopic (exact) mass is 775 g/mol. The molecule has 9 nitrogen and oxygen atoms in total. The number of fused-ring (bicyclic) bond motifs is 4. The number of aromatic nitrogens is 1. The summed E-state index contributed by atoms with van der Waals surface area (Å²) in [5.41, 5.74) is 1.83. The van der Waals surface area contributed by atoms with Crippen molar-refractivity contribution in [3.8, 4) is 11.5 Å². The first kappa shape index (κ1) is 38.5. The molecule has 4 aromatic rings. The number of nitrogens with zero attached hydrogens (tertiary/aromatic N) is 1. The fraction of sp³-hybridized carbons (Fsp3) is 0.500. The summed E-state index contributed by atoms with van der Waals surface area (Å²) in [5, 5.41) is 37.2. The number of phenolic OH excluding ortho intramolecular Hbond substituents is 1. The molecule has 3 aliphatic heterocycles. The Hall–Kier alpha value is -3.25. The van der Waals surface area contributed by atoms with Crippen molar-refractivity contribution in [3.05, 3.63) is 106 Å². The topological polar surface area (TPSA) is 124 Å². The molecule has 52 heavy (non-hydrogen) atoms. The van der Waals surface area contributed by atoms with Crippen LogP contribution in [-0.4, -0.2) is 76.8 Å². The molecule has 0 amide bonds. The van der Waals surface area contributed by atoms with Crippen molar-refractivity contribution in [2.24, 2.45) is 11.8 Å². The predicted molar refractivity (Wildman–Crippen MR) is 199 cm³/mol. The van der Waals surface area contributed by atoms with Gasteiger partial charge in [-0.1, -0.05) is 61.4 Å². The largest absolute Gasteiger partial charge is 1.00 e. The van der Waals surface area contributed by atoms with E-state index in [9.17, 15) is 20.1 Å². The maximum Gasteiger partial charge on any atom is 0.248 e. The van der Waals surface area contributed by atoms with E-state index in [0.29, 0.717) is 42.1 Å². The summed E-state index contributed by atoms with van der Waals surface area (Å²) in [5.74, 6) is 1.67. The minimum atomic E-state index is -0.917. The van der Waals surface area contributed by atoms with Gasteiger partial charge in [-0.15, -0.1) is 0 Å². The van der Waals surface area contributed by atoms with Gasteiger partial charge < -0.3 is 56.6 Å². The van der Waals surface area contributed by atoms with E-state index in [-0.39, 0.29) is 46.4 Å². The summed E-state index contributed by atoms with van der Waals surface area (Å²) in [6, 6.07) is 24.5. The molecule has 280 valence electrons. The lowest BCUT2D eigenvalue weighted by molar-refractivity contribution is -0.946. The highest BCUT2D eigenvalue weighted by molar-refractivity contribution is 5.87. The van der Waals surface area contributed by atoms with Crippen molar-refractivity contribution in [2.75, 3.05) is 45.9 Å². The Morgan fingerprint density at radius 3 is 2.42 bits per heavy atom. The number of aromatic amines is 1. The molecular formula is C42H54BrN3O6. The number of piperidine rings is 3. The van der Waals surface area contributed by atoms with E-state index in [1.165, 1.54) is 50.9 Å². The number of ether oxygens (including phenoxy) is 2. The third kappa shape index (κ3) is 8.43. The molecule has 1 aliphatic carbocycles. The highest BCUT2D eigenvalue weighted by Gasteiger charge is 2.48. The number of pyridine rings is 1. The zero-order chi connectivity index (χ0) is 35.4. The van der Waals surface area contributed by atoms with Crippen LogP contribution in [0.5, 0.6) is 11.5 Å². The Morgan fingerprint density at radius 1 is 0.962 bits per heavy atom. The number of aromatic hydroxyl groups is 1. The van der Waals surface area contributed by atoms with Crippen molar-refractivity contribution >= 4 is 10.9 Å². The van der Waals surface area contributed by atoms with Crippen LogP contribution in [0.25, 0.3) is 10.9 Å². The molecular weight excluding hydrogens is 722 g/mol. The number of halogens is 1. The second-order valence-electron chi connectivity index (χ2n) is 15.4. The van der Waals surface area contributed by atoms with Crippen molar-refractivity contribution in [3.63, 3.8) is 0 Å². The Balaban J connectivity index is 0.00000464. The standard InChI is InChI=1S/C42H53N3O6.BrH/c1-29(43-26-38(47)35-16-18-37(46)41-36(35)17-19-40(48)44-41)30-12-14-34(15-13-30)50-25-7-22-45-23-20-31(21-24-45)39(27-45)51-28-42(49,33-10-5-6-11-33)32-8-3-2-4-9-32;/h2-4,8-9,12-19,29,31,33,38-39,43,47,49H,5-7,10-11,20-28H2,1H3,(H-,44,46,48);1H/t29?,31?,38-,39-,42+,45?;/m0./s1. The highest BCUT2D eigenvalue weighted by atomic mass is 79.9. The van der Waals surface area contributed by atoms with Gasteiger partial charge in [-0.25, -0.2) is 0 Å². The van der Waals surface area contributed by atoms with Gasteiger partial charge in [0, 0.05) is 49.2 Å². The zero-order valence-corrected chi connectivity index (χ0v) is 31.8. The summed E-state index contributed by atoms with van der Waals surface area (Å²) >= 11 is 0. The van der Waals surface area contributed by atoms with E-state index < -0.39 is 11.7 Å². The van der Waals surface area contributed by atoms with Crippen molar-refractivity contribution in [2.45, 2.75) is 75.7 Å². The van der Waals surface area contributed by atoms with Crippen LogP contribution < -0.4 is 32.6 Å². The summed E-state index contributed by atoms with van der Waals surface area (Å²) in [7, 11) is 0. The first-order chi connectivity index (χ1) is 24.7. The van der Waals surface area contributed by atoms with E-state index in [4.69, 9.17) is 9.47 Å². The van der Waals surface area contributed by atoms with Crippen LogP contribution in [0.2, 0.25) is 0 Å². The molecule has 3 saturated heterocycles. The Bertz CT molecular complexity index is 1810. The van der Waals surface area contributed by atoms with E-state index in [1.54, 1.807) is 12.1 Å². The van der Waals surface area contributed by atoms with E-state index >= 15 is 0 Å². The SMILES string of the molecule is CC(NC[C@H](O)c1ccc(O)c2[nH]c(=O)ccc12)c1ccc(OCCC[N+]23CCC(CC2)[C@@H](OC[C@@](O)(c2ccccc2)C2CCCC2)C3)cc1.[Br-]. The van der Waals surface area contributed by atoms with Crippen molar-refractivity contribution < 1.29 is 46.3 Å². The van der Waals surface area contributed by atoms with Crippen LogP contribution in [0, 0.1) is 11.8 Å². The lowest BCUT2D eigenvalue weighted by atomic mass is 9.80. The molecule has 2 bridgehead atoms. The van der Waals surface area contributed by atoms with E-state index in [0.717, 1.165) is 53.7 Å². The van der Waals surface area contributed by atoms with Crippen LogP contribution in [0.4, 0.5) is 0 Å². The quantitative estimate of drug-likeness (QED) is 0.0930. The zero-order valence-electron chi connectivity index (χ0n) is 30.2. The molecule has 0 spiro atoms. The normalized spacial score (nSPS) is 23.9. The third-order valence-electron chi connectivity index (χ3n) is 12.2. The molecule has 10 heteroatoms. The first-order valence-electron chi connectivity index (χ1n) is 19.0. The van der Waals surface area contributed by atoms with E-state index in [1.807, 2.05) is 30.3 Å². The van der Waals surface area contributed by atoms with Gasteiger partial charge in [0.15, 0.2) is 0 Å². The number of H-pyrrole nitrogens is 1. The minimum absolute atomic E-state index is 0. The second kappa shape index (κ2) is 16.8. The minimum Gasteiger partial charge on any atom is -1.00 e. The third-order valence-corrected chi connectivity index (χ3v) is 12.2. The number of aliphatic hydroxyl groups is 2. The van der Waals surface area contributed by atoms with Gasteiger partial charge in [-0.3, -0.25) is 4.79 Å². The van der Waals surface area contributed by atoms with Crippen molar-refractivity contribution in [1.82, 2.24) is 10.3 Å². The summed E-state index contributed by atoms with van der Waals surface area (Å²) in [6.07, 6.45) is 7.24. The molecule has 4 heterocycles. The fourth-order valence-electron chi connectivity index (χ4n) is 9.03. The van der Waals surface area contributed by atoms with Crippen molar-refractivity contribution in [1.29, 1.82) is 0 Å². The van der Waals surface area contributed by atoms with E-state index in [2.05, 4.69) is 41.5 Å². The number of hydrogen-bond donors (Lipinski definition) is 5. The molecule has 0 radical (unpaired) electrons. The molecule has 4 fully saturated rings. The number of phenols is 1. The highest BCUT2D eigenvalue weighted by Crippen LogP contribution is 2.43. The van der Waals surface area contributed by atoms with Gasteiger partial charge >= 0.3 is 0 Å². The van der Waals surface area contributed by atoms with Gasteiger partial charge in [0.25, 0.3) is 0 Å². The van der Waals surface area contributed by atoms with Gasteiger partial charge in [0.2, 0.25) is 5.56 Å².